The molecule has 1 aromatic carbocycles. The number of thiol groups is 1. The molecule has 0 aromatic heterocycles. The van der Waals surface area contributed by atoms with Crippen LogP contribution in [0.2, 0.25) is 0 Å². The molecule has 6 nitrogen and oxygen atoms in total. The first-order valence-corrected chi connectivity index (χ1v) is 7.70. The zero-order chi connectivity index (χ0) is 15.9. The largest absolute Gasteiger partial charge is 0.373 e. The van der Waals surface area contributed by atoms with Crippen LogP contribution < -0.4 is 10.6 Å². The summed E-state index contributed by atoms with van der Waals surface area (Å²) in [4.78, 5) is 37.5. The van der Waals surface area contributed by atoms with E-state index in [4.69, 9.17) is 0 Å². The molecule has 116 valence electrons. The molecule has 22 heavy (non-hydrogen) atoms. The third-order valence-corrected chi connectivity index (χ3v) is 4.05. The van der Waals surface area contributed by atoms with Crippen molar-refractivity contribution in [1.29, 1.82) is 0 Å². The molecule has 3 amide bonds. The number of carbonyl (C=O) groups excluding carboxylic acids is 3. The number of rotatable bonds is 3. The first kappa shape index (κ1) is 14.9. The number of benzene rings is 1. The van der Waals surface area contributed by atoms with Crippen LogP contribution in [0.1, 0.15) is 35.7 Å². The van der Waals surface area contributed by atoms with Gasteiger partial charge in [0.05, 0.1) is 10.9 Å². The molecule has 0 radical (unpaired) electrons. The van der Waals surface area contributed by atoms with E-state index in [0.29, 0.717) is 18.5 Å². The minimum Gasteiger partial charge on any atom is -0.373 e. The Hall–Kier alpha value is -2.02. The Morgan fingerprint density at radius 1 is 1.36 bits per heavy atom. The van der Waals surface area contributed by atoms with Crippen molar-refractivity contribution in [3.05, 3.63) is 29.3 Å². The molecule has 1 saturated heterocycles. The van der Waals surface area contributed by atoms with Gasteiger partial charge in [0.15, 0.2) is 0 Å². The zero-order valence-electron chi connectivity index (χ0n) is 12.1. The second kappa shape index (κ2) is 5.64. The van der Waals surface area contributed by atoms with Crippen LogP contribution in [-0.2, 0) is 16.1 Å². The normalized spacial score (nSPS) is 22.4. The van der Waals surface area contributed by atoms with Gasteiger partial charge in [0.25, 0.3) is 5.91 Å². The lowest BCUT2D eigenvalue weighted by molar-refractivity contribution is -0.136. The number of nitrogens with zero attached hydrogens (tertiary/aromatic N) is 1. The highest BCUT2D eigenvalue weighted by Crippen LogP contribution is 2.32. The molecule has 0 spiro atoms. The molecule has 2 aliphatic rings. The standard InChI is InChI=1S/C15H17N3O3S/c1-8(22)16-10-4-2-3-9-7-18(15(21)13(9)10)11-5-6-12(19)17-14(11)20/h2-4,8,11,16,22H,5-7H2,1H3,(H,17,19,20). The van der Waals surface area contributed by atoms with Crippen LogP contribution in [0.3, 0.4) is 0 Å². The van der Waals surface area contributed by atoms with E-state index in [2.05, 4.69) is 23.3 Å². The Morgan fingerprint density at radius 2 is 2.14 bits per heavy atom. The summed E-state index contributed by atoms with van der Waals surface area (Å²) in [6, 6.07) is 5.00. The van der Waals surface area contributed by atoms with Crippen LogP contribution >= 0.6 is 12.6 Å². The van der Waals surface area contributed by atoms with Crippen LogP contribution in [0.25, 0.3) is 0 Å². The summed E-state index contributed by atoms with van der Waals surface area (Å²) < 4.78 is 0. The van der Waals surface area contributed by atoms with Crippen LogP contribution in [0.15, 0.2) is 18.2 Å². The topological polar surface area (TPSA) is 78.5 Å². The summed E-state index contributed by atoms with van der Waals surface area (Å²) in [6.07, 6.45) is 0.630. The summed E-state index contributed by atoms with van der Waals surface area (Å²) in [5.41, 5.74) is 2.20. The van der Waals surface area contributed by atoms with Crippen LogP contribution in [0.4, 0.5) is 5.69 Å². The lowest BCUT2D eigenvalue weighted by Gasteiger charge is -2.29. The quantitative estimate of drug-likeness (QED) is 0.443. The van der Waals surface area contributed by atoms with Crippen LogP contribution in [-0.4, -0.2) is 34.0 Å². The van der Waals surface area contributed by atoms with E-state index < -0.39 is 11.9 Å². The molecule has 2 N–H and O–H groups in total. The van der Waals surface area contributed by atoms with Crippen LogP contribution in [0.5, 0.6) is 0 Å². The first-order chi connectivity index (χ1) is 10.5. The Bertz CT molecular complexity index is 659. The van der Waals surface area contributed by atoms with Gasteiger partial charge in [-0.25, -0.2) is 0 Å². The number of hydrogen-bond donors (Lipinski definition) is 3. The van der Waals surface area contributed by atoms with Gasteiger partial charge in [-0.05, 0) is 25.0 Å². The van der Waals surface area contributed by atoms with Crippen molar-refractivity contribution in [1.82, 2.24) is 10.2 Å². The van der Waals surface area contributed by atoms with E-state index in [9.17, 15) is 14.4 Å². The van der Waals surface area contributed by atoms with Gasteiger partial charge in [0, 0.05) is 18.7 Å². The molecule has 1 aromatic rings. The summed E-state index contributed by atoms with van der Waals surface area (Å²) in [6.45, 7) is 2.26. The summed E-state index contributed by atoms with van der Waals surface area (Å²) in [7, 11) is 0. The summed E-state index contributed by atoms with van der Waals surface area (Å²) in [5.74, 6) is -0.854. The molecular formula is C15H17N3O3S. The molecule has 0 aliphatic carbocycles. The van der Waals surface area contributed by atoms with Crippen molar-refractivity contribution < 1.29 is 14.4 Å². The second-order valence-electron chi connectivity index (χ2n) is 5.56. The van der Waals surface area contributed by atoms with Gasteiger partial charge in [-0.3, -0.25) is 19.7 Å². The van der Waals surface area contributed by atoms with Crippen molar-refractivity contribution >= 4 is 36.0 Å². The van der Waals surface area contributed by atoms with Gasteiger partial charge in [0.1, 0.15) is 6.04 Å². The minimum absolute atomic E-state index is 0.0936. The predicted molar refractivity (Wildman–Crippen MR) is 84.6 cm³/mol. The van der Waals surface area contributed by atoms with Crippen LogP contribution in [0, 0.1) is 0 Å². The number of carbonyl (C=O) groups is 3. The number of hydrogen-bond acceptors (Lipinski definition) is 5. The third-order valence-electron chi connectivity index (χ3n) is 3.92. The fourth-order valence-corrected chi connectivity index (χ4v) is 3.10. The van der Waals surface area contributed by atoms with E-state index in [1.807, 2.05) is 25.1 Å². The molecule has 0 saturated carbocycles. The van der Waals surface area contributed by atoms with Gasteiger partial charge in [-0.1, -0.05) is 12.1 Å². The highest BCUT2D eigenvalue weighted by atomic mass is 32.1. The number of imide groups is 1. The van der Waals surface area contributed by atoms with Gasteiger partial charge in [0.2, 0.25) is 11.8 Å². The van der Waals surface area contributed by atoms with Crippen molar-refractivity contribution in [3.8, 4) is 0 Å². The van der Waals surface area contributed by atoms with E-state index in [1.54, 1.807) is 4.90 Å². The van der Waals surface area contributed by atoms with Crippen molar-refractivity contribution in [3.63, 3.8) is 0 Å². The van der Waals surface area contributed by atoms with E-state index >= 15 is 0 Å². The SMILES string of the molecule is CC(S)Nc1cccc2c1C(=O)N(C1CCC(=O)NC1=O)C2. The summed E-state index contributed by atoms with van der Waals surface area (Å²) in [5, 5.41) is 5.35. The molecule has 2 unspecified atom stereocenters. The lowest BCUT2D eigenvalue weighted by atomic mass is 10.0. The predicted octanol–water partition coefficient (Wildman–Crippen LogP) is 1.14. The molecular weight excluding hydrogens is 302 g/mol. The molecule has 1 fully saturated rings. The molecule has 7 heteroatoms. The number of fused-ring (bicyclic) bond motifs is 1. The Balaban J connectivity index is 1.88. The van der Waals surface area contributed by atoms with E-state index in [1.165, 1.54) is 0 Å². The minimum atomic E-state index is -0.584. The second-order valence-corrected chi connectivity index (χ2v) is 6.33. The maximum absolute atomic E-state index is 12.7. The third kappa shape index (κ3) is 2.56. The Labute approximate surface area is 133 Å². The average molecular weight is 319 g/mol. The zero-order valence-corrected chi connectivity index (χ0v) is 13.0. The molecule has 3 rings (SSSR count). The van der Waals surface area contributed by atoms with Gasteiger partial charge < -0.3 is 10.2 Å². The number of amides is 3. The fraction of sp³-hybridized carbons (Fsp3) is 0.400. The maximum Gasteiger partial charge on any atom is 0.257 e. The Kier molecular flexibility index (Phi) is 3.82. The fourth-order valence-electron chi connectivity index (χ4n) is 2.96. The van der Waals surface area contributed by atoms with Crippen molar-refractivity contribution in [2.45, 2.75) is 37.7 Å². The van der Waals surface area contributed by atoms with E-state index in [0.717, 1.165) is 11.3 Å². The van der Waals surface area contributed by atoms with Gasteiger partial charge >= 0.3 is 0 Å². The van der Waals surface area contributed by atoms with E-state index in [-0.39, 0.29) is 23.6 Å². The summed E-state index contributed by atoms with van der Waals surface area (Å²) >= 11 is 4.29. The first-order valence-electron chi connectivity index (χ1n) is 7.18. The highest BCUT2D eigenvalue weighted by Gasteiger charge is 2.40. The van der Waals surface area contributed by atoms with Gasteiger partial charge in [-0.15, -0.1) is 0 Å². The lowest BCUT2D eigenvalue weighted by Crippen LogP contribution is -2.52. The monoisotopic (exact) mass is 319 g/mol. The van der Waals surface area contributed by atoms with Crippen molar-refractivity contribution in [2.24, 2.45) is 0 Å². The molecule has 2 heterocycles. The number of anilines is 1. The molecule has 2 atom stereocenters. The van der Waals surface area contributed by atoms with Gasteiger partial charge in [-0.2, -0.15) is 12.6 Å². The number of nitrogens with one attached hydrogen (secondary N) is 2. The van der Waals surface area contributed by atoms with Crippen molar-refractivity contribution in [2.75, 3.05) is 5.32 Å². The number of piperidine rings is 1. The molecule has 2 aliphatic heterocycles. The molecule has 0 bridgehead atoms. The Morgan fingerprint density at radius 3 is 2.82 bits per heavy atom. The highest BCUT2D eigenvalue weighted by molar-refractivity contribution is 7.81. The maximum atomic E-state index is 12.7. The smallest absolute Gasteiger partial charge is 0.257 e. The average Bonchev–Trinajstić information content (AvgIpc) is 2.76.